The average molecular weight is 368 g/mol. The van der Waals surface area contributed by atoms with Crippen LogP contribution in [0, 0.1) is 6.92 Å². The minimum atomic E-state index is -0.467. The largest absolute Gasteiger partial charge is 0.507 e. The molecule has 0 unspecified atom stereocenters. The molecule has 1 aromatic carbocycles. The van der Waals surface area contributed by atoms with E-state index < -0.39 is 11.8 Å². The Hall–Kier alpha value is -2.35. The Morgan fingerprint density at radius 3 is 2.77 bits per heavy atom. The van der Waals surface area contributed by atoms with Gasteiger partial charge in [0.05, 0.1) is 12.1 Å². The quantitative estimate of drug-likeness (QED) is 0.862. The van der Waals surface area contributed by atoms with E-state index in [1.807, 2.05) is 0 Å². The Morgan fingerprint density at radius 1 is 1.41 bits per heavy atom. The normalized spacial score (nSPS) is 10.3. The van der Waals surface area contributed by atoms with Gasteiger partial charge in [-0.2, -0.15) is 0 Å². The van der Waals surface area contributed by atoms with E-state index in [2.05, 4.69) is 26.4 Å². The van der Waals surface area contributed by atoms with E-state index in [1.54, 1.807) is 19.1 Å². The van der Waals surface area contributed by atoms with Crippen LogP contribution in [0.1, 0.15) is 16.1 Å². The molecule has 0 spiro atoms. The molecule has 7 nitrogen and oxygen atoms in total. The Morgan fingerprint density at radius 2 is 2.14 bits per heavy atom. The number of carbonyl (C=O) groups is 2. The summed E-state index contributed by atoms with van der Waals surface area (Å²) >= 11 is 3.23. The molecule has 116 valence electrons. The first-order valence-electron chi connectivity index (χ1n) is 6.34. The van der Waals surface area contributed by atoms with Gasteiger partial charge in [-0.15, -0.1) is 0 Å². The molecule has 0 aliphatic carbocycles. The van der Waals surface area contributed by atoms with E-state index in [0.717, 1.165) is 0 Å². The smallest absolute Gasteiger partial charge is 0.257 e. The lowest BCUT2D eigenvalue weighted by atomic mass is 10.2. The van der Waals surface area contributed by atoms with Gasteiger partial charge in [0, 0.05) is 17.6 Å². The van der Waals surface area contributed by atoms with Gasteiger partial charge < -0.3 is 19.8 Å². The molecule has 0 saturated heterocycles. The van der Waals surface area contributed by atoms with Crippen LogP contribution in [-0.4, -0.2) is 40.6 Å². The van der Waals surface area contributed by atoms with Crippen molar-refractivity contribution in [1.29, 1.82) is 0 Å². The second-order valence-corrected chi connectivity index (χ2v) is 5.61. The maximum absolute atomic E-state index is 12.2. The molecule has 2 amide bonds. The van der Waals surface area contributed by atoms with Crippen LogP contribution >= 0.6 is 15.9 Å². The number of amides is 2. The van der Waals surface area contributed by atoms with Gasteiger partial charge in [-0.3, -0.25) is 9.59 Å². The number of nitrogens with zero attached hydrogens (tertiary/aromatic N) is 2. The van der Waals surface area contributed by atoms with E-state index in [1.165, 1.54) is 24.1 Å². The number of halogens is 1. The van der Waals surface area contributed by atoms with E-state index in [0.29, 0.717) is 10.2 Å². The number of carbonyl (C=O) groups excluding carboxylic acids is 2. The summed E-state index contributed by atoms with van der Waals surface area (Å²) in [5.41, 5.74) is 0.113. The Kier molecular flexibility index (Phi) is 4.81. The summed E-state index contributed by atoms with van der Waals surface area (Å²) < 4.78 is 5.49. The Labute approximate surface area is 135 Å². The molecule has 0 radical (unpaired) electrons. The predicted octanol–water partition coefficient (Wildman–Crippen LogP) is 2.16. The molecular formula is C14H14BrN3O4. The van der Waals surface area contributed by atoms with Crippen molar-refractivity contribution in [3.63, 3.8) is 0 Å². The van der Waals surface area contributed by atoms with Gasteiger partial charge in [-0.1, -0.05) is 21.1 Å². The van der Waals surface area contributed by atoms with Crippen molar-refractivity contribution in [2.24, 2.45) is 0 Å². The number of hydrogen-bond acceptors (Lipinski definition) is 5. The summed E-state index contributed by atoms with van der Waals surface area (Å²) in [5.74, 6) is -0.177. The first kappa shape index (κ1) is 16.0. The lowest BCUT2D eigenvalue weighted by molar-refractivity contribution is -0.116. The molecule has 1 aromatic heterocycles. The highest BCUT2D eigenvalue weighted by molar-refractivity contribution is 9.10. The van der Waals surface area contributed by atoms with Crippen LogP contribution < -0.4 is 5.32 Å². The summed E-state index contributed by atoms with van der Waals surface area (Å²) in [5, 5.41) is 15.9. The number of nitrogens with one attached hydrogen (secondary N) is 1. The monoisotopic (exact) mass is 367 g/mol. The van der Waals surface area contributed by atoms with Crippen LogP contribution in [0.4, 0.5) is 5.82 Å². The van der Waals surface area contributed by atoms with Gasteiger partial charge in [0.1, 0.15) is 11.5 Å². The van der Waals surface area contributed by atoms with Gasteiger partial charge in [-0.05, 0) is 25.1 Å². The minimum Gasteiger partial charge on any atom is -0.507 e. The average Bonchev–Trinajstić information content (AvgIpc) is 2.85. The van der Waals surface area contributed by atoms with Crippen LogP contribution in [-0.2, 0) is 4.79 Å². The number of aryl methyl sites for hydroxylation is 1. The molecule has 2 aromatic rings. The number of aromatic hydroxyl groups is 1. The molecule has 22 heavy (non-hydrogen) atoms. The molecule has 0 fully saturated rings. The number of anilines is 1. The van der Waals surface area contributed by atoms with Crippen molar-refractivity contribution in [3.05, 3.63) is 40.1 Å². The van der Waals surface area contributed by atoms with Crippen molar-refractivity contribution in [2.75, 3.05) is 18.9 Å². The first-order chi connectivity index (χ1) is 10.4. The van der Waals surface area contributed by atoms with Crippen LogP contribution in [0.5, 0.6) is 5.75 Å². The molecule has 0 aliphatic rings. The van der Waals surface area contributed by atoms with Gasteiger partial charge >= 0.3 is 0 Å². The number of phenolic OH excluding ortho intramolecular Hbond substituents is 1. The highest BCUT2D eigenvalue weighted by Crippen LogP contribution is 2.23. The maximum Gasteiger partial charge on any atom is 0.257 e. The van der Waals surface area contributed by atoms with Crippen LogP contribution in [0.3, 0.4) is 0 Å². The lowest BCUT2D eigenvalue weighted by Crippen LogP contribution is -2.35. The van der Waals surface area contributed by atoms with Crippen molar-refractivity contribution in [3.8, 4) is 5.75 Å². The van der Waals surface area contributed by atoms with Crippen molar-refractivity contribution >= 4 is 33.6 Å². The Balaban J connectivity index is 2.01. The van der Waals surface area contributed by atoms with Crippen molar-refractivity contribution < 1.29 is 19.2 Å². The highest BCUT2D eigenvalue weighted by atomic mass is 79.9. The molecule has 1 heterocycles. The molecule has 0 bridgehead atoms. The zero-order valence-corrected chi connectivity index (χ0v) is 13.5. The van der Waals surface area contributed by atoms with Gasteiger partial charge in [0.25, 0.3) is 5.91 Å². The molecule has 0 atom stereocenters. The third-order valence-electron chi connectivity index (χ3n) is 2.81. The maximum atomic E-state index is 12.2. The number of aromatic nitrogens is 1. The molecular weight excluding hydrogens is 354 g/mol. The lowest BCUT2D eigenvalue weighted by Gasteiger charge is -2.17. The van der Waals surface area contributed by atoms with E-state index in [9.17, 15) is 14.7 Å². The molecule has 0 aliphatic heterocycles. The third kappa shape index (κ3) is 3.85. The minimum absolute atomic E-state index is 0.113. The predicted molar refractivity (Wildman–Crippen MR) is 82.6 cm³/mol. The molecule has 2 rings (SSSR count). The van der Waals surface area contributed by atoms with Crippen molar-refractivity contribution in [2.45, 2.75) is 6.92 Å². The number of benzene rings is 1. The van der Waals surface area contributed by atoms with Crippen LogP contribution in [0.25, 0.3) is 0 Å². The topological polar surface area (TPSA) is 95.7 Å². The number of likely N-dealkylation sites (N-methyl/N-ethyl adjacent to an activating group) is 1. The summed E-state index contributed by atoms with van der Waals surface area (Å²) in [4.78, 5) is 25.3. The fourth-order valence-electron chi connectivity index (χ4n) is 1.78. The Bertz CT molecular complexity index is 714. The van der Waals surface area contributed by atoms with Crippen LogP contribution in [0.2, 0.25) is 0 Å². The van der Waals surface area contributed by atoms with E-state index >= 15 is 0 Å². The van der Waals surface area contributed by atoms with Crippen molar-refractivity contribution in [1.82, 2.24) is 10.1 Å². The van der Waals surface area contributed by atoms with Gasteiger partial charge in [0.15, 0.2) is 5.82 Å². The second kappa shape index (κ2) is 6.61. The fraction of sp³-hybridized carbons (Fsp3) is 0.214. The first-order valence-corrected chi connectivity index (χ1v) is 7.13. The zero-order chi connectivity index (χ0) is 16.3. The summed E-state index contributed by atoms with van der Waals surface area (Å²) in [6, 6.07) is 6.09. The van der Waals surface area contributed by atoms with E-state index in [-0.39, 0.29) is 23.7 Å². The summed E-state index contributed by atoms with van der Waals surface area (Å²) in [7, 11) is 1.47. The second-order valence-electron chi connectivity index (χ2n) is 4.69. The molecule has 8 heteroatoms. The summed E-state index contributed by atoms with van der Waals surface area (Å²) in [6.45, 7) is 1.52. The molecule has 2 N–H and O–H groups in total. The summed E-state index contributed by atoms with van der Waals surface area (Å²) in [6.07, 6.45) is 0. The number of phenols is 1. The third-order valence-corrected chi connectivity index (χ3v) is 3.31. The molecule has 0 saturated carbocycles. The van der Waals surface area contributed by atoms with Gasteiger partial charge in [-0.25, -0.2) is 0 Å². The van der Waals surface area contributed by atoms with E-state index in [4.69, 9.17) is 4.52 Å². The van der Waals surface area contributed by atoms with Crippen LogP contribution in [0.15, 0.2) is 33.3 Å². The number of hydrogen-bond donors (Lipinski definition) is 2. The SMILES string of the molecule is Cc1cc(NC(=O)CN(C)C(=O)c2cc(Br)ccc2O)no1. The number of rotatable bonds is 4. The van der Waals surface area contributed by atoms with Gasteiger partial charge in [0.2, 0.25) is 5.91 Å². The standard InChI is InChI=1S/C14H14BrN3O4/c1-8-5-12(17-22-8)16-13(20)7-18(2)14(21)10-6-9(15)3-4-11(10)19/h3-6,19H,7H2,1-2H3,(H,16,17,20). The zero-order valence-electron chi connectivity index (χ0n) is 12.0. The fourth-order valence-corrected chi connectivity index (χ4v) is 2.14. The highest BCUT2D eigenvalue weighted by Gasteiger charge is 2.19.